The van der Waals surface area contributed by atoms with E-state index in [1.54, 1.807) is 0 Å². The van der Waals surface area contributed by atoms with Gasteiger partial charge in [-0.15, -0.1) is 0 Å². The molecule has 0 atom stereocenters. The number of rotatable bonds is 3. The molecule has 0 aromatic carbocycles. The van der Waals surface area contributed by atoms with Crippen molar-refractivity contribution < 1.29 is 0 Å². The first-order valence-electron chi connectivity index (χ1n) is 10.3. The van der Waals surface area contributed by atoms with Gasteiger partial charge >= 0.3 is 0 Å². The molecule has 0 bridgehead atoms. The van der Waals surface area contributed by atoms with Crippen molar-refractivity contribution in [3.8, 4) is 0 Å². The zero-order valence-electron chi connectivity index (χ0n) is 17.6. The normalized spacial score (nSPS) is 27.6. The van der Waals surface area contributed by atoms with Gasteiger partial charge in [0.15, 0.2) is 0 Å². The molecule has 0 N–H and O–H groups in total. The van der Waals surface area contributed by atoms with Crippen molar-refractivity contribution in [3.63, 3.8) is 0 Å². The Hall–Kier alpha value is -0.200. The van der Waals surface area contributed by atoms with Crippen molar-refractivity contribution in [3.05, 3.63) is 0 Å². The predicted octanol–water partition coefficient (Wildman–Crippen LogP) is 1.46. The van der Waals surface area contributed by atoms with Crippen LogP contribution in [0.25, 0.3) is 0 Å². The first-order valence-corrected chi connectivity index (χ1v) is 10.3. The third-order valence-corrected chi connectivity index (χ3v) is 6.44. The summed E-state index contributed by atoms with van der Waals surface area (Å²) in [5, 5.41) is 0. The van der Waals surface area contributed by atoms with Crippen LogP contribution in [0.3, 0.4) is 0 Å². The number of piperazine rings is 2. The third kappa shape index (κ3) is 4.95. The molecule has 0 saturated carbocycles. The van der Waals surface area contributed by atoms with E-state index in [9.17, 15) is 0 Å². The summed E-state index contributed by atoms with van der Waals surface area (Å²) >= 11 is 0. The Morgan fingerprint density at radius 1 is 0.600 bits per heavy atom. The first-order chi connectivity index (χ1) is 11.6. The van der Waals surface area contributed by atoms with E-state index in [0.717, 1.165) is 6.04 Å². The highest BCUT2D eigenvalue weighted by Gasteiger charge is 2.36. The van der Waals surface area contributed by atoms with Crippen LogP contribution in [0, 0.1) is 0 Å². The number of hydrogen-bond acceptors (Lipinski definition) is 5. The van der Waals surface area contributed by atoms with E-state index in [0.29, 0.717) is 11.1 Å². The van der Waals surface area contributed by atoms with Crippen LogP contribution in [0.2, 0.25) is 0 Å². The average Bonchev–Trinajstić information content (AvgIpc) is 2.49. The lowest BCUT2D eigenvalue weighted by Crippen LogP contribution is -2.66. The van der Waals surface area contributed by atoms with E-state index >= 15 is 0 Å². The summed E-state index contributed by atoms with van der Waals surface area (Å²) in [6.07, 6.45) is 0. The van der Waals surface area contributed by atoms with Crippen molar-refractivity contribution in [1.29, 1.82) is 0 Å². The lowest BCUT2D eigenvalue weighted by atomic mass is 10.0. The van der Waals surface area contributed by atoms with E-state index < -0.39 is 0 Å². The summed E-state index contributed by atoms with van der Waals surface area (Å²) in [4.78, 5) is 13.3. The first kappa shape index (κ1) is 19.6. The van der Waals surface area contributed by atoms with Gasteiger partial charge in [-0.2, -0.15) is 0 Å². The molecule has 146 valence electrons. The molecule has 0 aliphatic carbocycles. The molecule has 0 amide bonds. The van der Waals surface area contributed by atoms with E-state index in [1.165, 1.54) is 72.1 Å². The highest BCUT2D eigenvalue weighted by atomic mass is 15.4. The molecular formula is C20H41N5. The Morgan fingerprint density at radius 3 is 1.48 bits per heavy atom. The quantitative estimate of drug-likeness (QED) is 0.763. The molecule has 0 aromatic rings. The van der Waals surface area contributed by atoms with Gasteiger partial charge < -0.3 is 0 Å². The monoisotopic (exact) mass is 351 g/mol. The van der Waals surface area contributed by atoms with Crippen molar-refractivity contribution in [1.82, 2.24) is 24.5 Å². The third-order valence-electron chi connectivity index (χ3n) is 6.44. The van der Waals surface area contributed by atoms with Crippen LogP contribution >= 0.6 is 0 Å². The van der Waals surface area contributed by atoms with Crippen molar-refractivity contribution in [2.75, 3.05) is 72.1 Å². The van der Waals surface area contributed by atoms with Crippen molar-refractivity contribution in [2.24, 2.45) is 0 Å². The maximum atomic E-state index is 2.73. The minimum absolute atomic E-state index is 0.323. The Balaban J connectivity index is 1.33. The summed E-state index contributed by atoms with van der Waals surface area (Å²) in [7, 11) is 0. The maximum absolute atomic E-state index is 2.73. The van der Waals surface area contributed by atoms with E-state index in [1.807, 2.05) is 0 Å². The lowest BCUT2D eigenvalue weighted by Gasteiger charge is -2.51. The molecule has 0 aromatic heterocycles. The van der Waals surface area contributed by atoms with Gasteiger partial charge in [0.1, 0.15) is 0 Å². The fourth-order valence-corrected chi connectivity index (χ4v) is 4.49. The molecule has 5 nitrogen and oxygen atoms in total. The van der Waals surface area contributed by atoms with Crippen LogP contribution < -0.4 is 0 Å². The smallest absolute Gasteiger partial charge is 0.0508 e. The fraction of sp³-hybridized carbons (Fsp3) is 1.00. The topological polar surface area (TPSA) is 16.2 Å². The second-order valence-electron chi connectivity index (χ2n) is 10.3. The van der Waals surface area contributed by atoms with Crippen LogP contribution in [0.1, 0.15) is 41.5 Å². The largest absolute Gasteiger partial charge is 0.296 e. The lowest BCUT2D eigenvalue weighted by molar-refractivity contribution is -0.0435. The van der Waals surface area contributed by atoms with Crippen LogP contribution in [0.4, 0.5) is 0 Å². The molecule has 3 heterocycles. The zero-order chi connectivity index (χ0) is 18.2. The number of nitrogens with zero attached hydrogens (tertiary/aromatic N) is 5. The van der Waals surface area contributed by atoms with E-state index in [-0.39, 0.29) is 0 Å². The van der Waals surface area contributed by atoms with Gasteiger partial charge in [-0.3, -0.25) is 24.5 Å². The minimum atomic E-state index is 0.323. The van der Waals surface area contributed by atoms with Gasteiger partial charge in [0.25, 0.3) is 0 Å². The molecule has 3 saturated heterocycles. The van der Waals surface area contributed by atoms with Gasteiger partial charge in [-0.1, -0.05) is 0 Å². The Kier molecular flexibility index (Phi) is 5.81. The molecule has 3 fully saturated rings. The molecule has 3 aliphatic heterocycles. The number of hydrogen-bond donors (Lipinski definition) is 0. The van der Waals surface area contributed by atoms with Gasteiger partial charge in [0.05, 0.1) is 6.67 Å². The van der Waals surface area contributed by atoms with Crippen molar-refractivity contribution in [2.45, 2.75) is 58.7 Å². The summed E-state index contributed by atoms with van der Waals surface area (Å²) in [6, 6.07) is 0.804. The predicted molar refractivity (Wildman–Crippen MR) is 106 cm³/mol. The van der Waals surface area contributed by atoms with Crippen LogP contribution in [-0.2, 0) is 0 Å². The summed E-state index contributed by atoms with van der Waals surface area (Å²) in [5.74, 6) is 0. The van der Waals surface area contributed by atoms with Crippen LogP contribution in [0.5, 0.6) is 0 Å². The molecule has 0 unspecified atom stereocenters. The van der Waals surface area contributed by atoms with Gasteiger partial charge in [-0.05, 0) is 41.5 Å². The van der Waals surface area contributed by atoms with Gasteiger partial charge in [-0.25, -0.2) is 0 Å². The molecule has 5 heteroatoms. The Morgan fingerprint density at radius 2 is 1.04 bits per heavy atom. The standard InChI is InChI=1S/C20H41N5/c1-19(2,3)24-11-7-21(8-12-24)17-22-15-18(16-22)23-9-13-25(14-10-23)20(4,5)6/h18H,7-17H2,1-6H3. The fourth-order valence-electron chi connectivity index (χ4n) is 4.49. The molecule has 3 rings (SSSR count). The molecule has 25 heavy (non-hydrogen) atoms. The van der Waals surface area contributed by atoms with E-state index in [4.69, 9.17) is 0 Å². The van der Waals surface area contributed by atoms with E-state index in [2.05, 4.69) is 66.0 Å². The maximum Gasteiger partial charge on any atom is 0.0508 e. The second kappa shape index (κ2) is 7.43. The molecular weight excluding hydrogens is 310 g/mol. The van der Waals surface area contributed by atoms with Crippen molar-refractivity contribution >= 4 is 0 Å². The summed E-state index contributed by atoms with van der Waals surface area (Å²) in [5.41, 5.74) is 0.649. The molecule has 3 aliphatic rings. The van der Waals surface area contributed by atoms with Crippen LogP contribution in [-0.4, -0.2) is 114 Å². The zero-order valence-corrected chi connectivity index (χ0v) is 17.6. The highest BCUT2D eigenvalue weighted by molar-refractivity contribution is 4.92. The summed E-state index contributed by atoms with van der Waals surface area (Å²) in [6.45, 7) is 27.6. The minimum Gasteiger partial charge on any atom is -0.296 e. The summed E-state index contributed by atoms with van der Waals surface area (Å²) < 4.78 is 0. The van der Waals surface area contributed by atoms with Gasteiger partial charge in [0, 0.05) is 82.6 Å². The highest BCUT2D eigenvalue weighted by Crippen LogP contribution is 2.22. The molecule has 0 spiro atoms. The molecule has 0 radical (unpaired) electrons. The number of likely N-dealkylation sites (tertiary alicyclic amines) is 1. The van der Waals surface area contributed by atoms with Crippen LogP contribution in [0.15, 0.2) is 0 Å². The second-order valence-corrected chi connectivity index (χ2v) is 10.3. The Labute approximate surface area is 155 Å². The Bertz CT molecular complexity index is 416. The SMILES string of the molecule is CC(C)(C)N1CCN(CN2CC(N3CCN(C(C)(C)C)CC3)C2)CC1. The van der Waals surface area contributed by atoms with Gasteiger partial charge in [0.2, 0.25) is 0 Å². The average molecular weight is 352 g/mol.